The molecule has 4 heterocycles. The second-order valence-corrected chi connectivity index (χ2v) is 8.16. The van der Waals surface area contributed by atoms with Crippen molar-refractivity contribution in [3.63, 3.8) is 0 Å². The van der Waals surface area contributed by atoms with Gasteiger partial charge in [0.2, 0.25) is 5.91 Å². The molecule has 0 bridgehead atoms. The van der Waals surface area contributed by atoms with Crippen molar-refractivity contribution in [2.24, 2.45) is 0 Å². The van der Waals surface area contributed by atoms with E-state index < -0.39 is 0 Å². The largest absolute Gasteiger partial charge is 0.379 e. The molecule has 2 fully saturated rings. The molecule has 1 aromatic carbocycles. The third kappa shape index (κ3) is 3.91. The van der Waals surface area contributed by atoms with Crippen molar-refractivity contribution in [1.82, 2.24) is 14.8 Å². The van der Waals surface area contributed by atoms with Crippen molar-refractivity contribution in [1.29, 1.82) is 0 Å². The number of morpholine rings is 1. The monoisotopic (exact) mass is 406 g/mol. The summed E-state index contributed by atoms with van der Waals surface area (Å²) in [6.07, 6.45) is 5.48. The third-order valence-electron chi connectivity index (χ3n) is 5.99. The van der Waals surface area contributed by atoms with E-state index in [9.17, 15) is 9.59 Å². The first-order chi connectivity index (χ1) is 14.7. The van der Waals surface area contributed by atoms with Crippen LogP contribution in [0.25, 0.3) is 11.6 Å². The number of benzene rings is 1. The molecule has 2 N–H and O–H groups in total. The molecule has 3 aliphatic rings. The molecule has 30 heavy (non-hydrogen) atoms. The summed E-state index contributed by atoms with van der Waals surface area (Å²) < 4.78 is 5.41. The molecule has 0 unspecified atom stereocenters. The van der Waals surface area contributed by atoms with Crippen LogP contribution >= 0.6 is 0 Å². The molecule has 7 nitrogen and oxygen atoms in total. The Kier molecular flexibility index (Phi) is 5.14. The highest BCUT2D eigenvalue weighted by Gasteiger charge is 2.26. The number of hydrogen-bond acceptors (Lipinski definition) is 4. The lowest BCUT2D eigenvalue weighted by molar-refractivity contribution is -0.128. The third-order valence-corrected chi connectivity index (χ3v) is 5.99. The molecular weight excluding hydrogens is 380 g/mol. The Hall–Kier alpha value is -2.90. The highest BCUT2D eigenvalue weighted by molar-refractivity contribution is 6.34. The smallest absolute Gasteiger partial charge is 0.256 e. The Balaban J connectivity index is 1.35. The quantitative estimate of drug-likeness (QED) is 0.748. The molecule has 2 amide bonds. The molecule has 0 aliphatic carbocycles. The number of likely N-dealkylation sites (tertiary alicyclic amines) is 1. The summed E-state index contributed by atoms with van der Waals surface area (Å²) in [6.45, 7) is 5.73. The normalized spacial score (nSPS) is 20.8. The van der Waals surface area contributed by atoms with E-state index in [-0.39, 0.29) is 11.8 Å². The van der Waals surface area contributed by atoms with Gasteiger partial charge in [-0.15, -0.1) is 0 Å². The molecule has 0 spiro atoms. The maximum absolute atomic E-state index is 12.6. The zero-order valence-electron chi connectivity index (χ0n) is 16.9. The summed E-state index contributed by atoms with van der Waals surface area (Å²) >= 11 is 0. The fourth-order valence-corrected chi connectivity index (χ4v) is 4.38. The van der Waals surface area contributed by atoms with Crippen LogP contribution in [-0.4, -0.2) is 59.4 Å². The van der Waals surface area contributed by atoms with Gasteiger partial charge >= 0.3 is 0 Å². The van der Waals surface area contributed by atoms with Crippen molar-refractivity contribution in [2.45, 2.75) is 25.9 Å². The minimum absolute atomic E-state index is 0.0938. The lowest BCUT2D eigenvalue weighted by Crippen LogP contribution is -2.35. The number of ether oxygens (including phenoxy) is 1. The van der Waals surface area contributed by atoms with E-state index in [0.29, 0.717) is 18.5 Å². The van der Waals surface area contributed by atoms with Crippen molar-refractivity contribution < 1.29 is 14.3 Å². The molecule has 2 saturated heterocycles. The Bertz CT molecular complexity index is 1000. The molecule has 156 valence electrons. The number of carbonyl (C=O) groups excluding carboxylic acids is 2. The summed E-state index contributed by atoms with van der Waals surface area (Å²) in [6, 6.07) is 8.05. The number of aromatic nitrogens is 1. The Morgan fingerprint density at radius 3 is 2.70 bits per heavy atom. The Labute approximate surface area is 175 Å². The van der Waals surface area contributed by atoms with Gasteiger partial charge in [-0.3, -0.25) is 14.5 Å². The Morgan fingerprint density at radius 2 is 1.90 bits per heavy atom. The number of amides is 2. The number of rotatable bonds is 5. The molecule has 1 aromatic heterocycles. The predicted octanol–water partition coefficient (Wildman–Crippen LogP) is 2.46. The molecule has 2 aromatic rings. The average molecular weight is 406 g/mol. The van der Waals surface area contributed by atoms with Gasteiger partial charge < -0.3 is 19.9 Å². The van der Waals surface area contributed by atoms with Gasteiger partial charge in [0.25, 0.3) is 5.91 Å². The maximum Gasteiger partial charge on any atom is 0.256 e. The van der Waals surface area contributed by atoms with E-state index in [1.807, 2.05) is 35.4 Å². The second kappa shape index (κ2) is 8.08. The van der Waals surface area contributed by atoms with Crippen LogP contribution in [0.5, 0.6) is 0 Å². The SMILES string of the molecule is O=C1Nc2ccc(CN3CCCC3=O)cc2C1=Cc1cc(CN2CCOCC2)c[nH]1. The van der Waals surface area contributed by atoms with Crippen LogP contribution < -0.4 is 5.32 Å². The fourth-order valence-electron chi connectivity index (χ4n) is 4.38. The van der Waals surface area contributed by atoms with Crippen LogP contribution in [0.15, 0.2) is 30.5 Å². The van der Waals surface area contributed by atoms with Crippen molar-refractivity contribution >= 4 is 29.2 Å². The molecule has 3 aliphatic heterocycles. The van der Waals surface area contributed by atoms with E-state index in [1.165, 1.54) is 5.56 Å². The van der Waals surface area contributed by atoms with E-state index in [1.54, 1.807) is 0 Å². The van der Waals surface area contributed by atoms with Crippen molar-refractivity contribution in [3.8, 4) is 0 Å². The van der Waals surface area contributed by atoms with Crippen molar-refractivity contribution in [3.05, 3.63) is 52.8 Å². The molecule has 5 rings (SSSR count). The number of nitrogens with zero attached hydrogens (tertiary/aromatic N) is 2. The number of anilines is 1. The van der Waals surface area contributed by atoms with Crippen LogP contribution in [0.2, 0.25) is 0 Å². The summed E-state index contributed by atoms with van der Waals surface area (Å²) in [7, 11) is 0. The first-order valence-electron chi connectivity index (χ1n) is 10.6. The fraction of sp³-hybridized carbons (Fsp3) is 0.391. The number of aromatic amines is 1. The van der Waals surface area contributed by atoms with E-state index >= 15 is 0 Å². The summed E-state index contributed by atoms with van der Waals surface area (Å²) in [5, 5.41) is 2.95. The minimum Gasteiger partial charge on any atom is -0.379 e. The molecular formula is C23H26N4O3. The molecule has 0 saturated carbocycles. The summed E-state index contributed by atoms with van der Waals surface area (Å²) in [4.78, 5) is 32.1. The summed E-state index contributed by atoms with van der Waals surface area (Å²) in [5.41, 5.74) is 5.53. The van der Waals surface area contributed by atoms with E-state index in [0.717, 1.165) is 68.3 Å². The standard InChI is InChI=1S/C23H26N4O3/c28-22-2-1-5-27(22)15-16-3-4-21-19(11-16)20(23(29)25-21)12-18-10-17(13-24-18)14-26-6-8-30-9-7-26/h3-4,10-13,24H,1-2,5-9,14-15H2,(H,25,29). The Morgan fingerprint density at radius 1 is 1.03 bits per heavy atom. The number of fused-ring (bicyclic) bond motifs is 1. The number of carbonyl (C=O) groups is 2. The van der Waals surface area contributed by atoms with Gasteiger partial charge in [0.05, 0.1) is 18.8 Å². The van der Waals surface area contributed by atoms with Gasteiger partial charge in [-0.25, -0.2) is 0 Å². The average Bonchev–Trinajstić information content (AvgIpc) is 3.44. The van der Waals surface area contributed by atoms with Crippen molar-refractivity contribution in [2.75, 3.05) is 38.2 Å². The topological polar surface area (TPSA) is 77.7 Å². The maximum atomic E-state index is 12.6. The van der Waals surface area contributed by atoms with Gasteiger partial charge in [0, 0.05) is 62.3 Å². The van der Waals surface area contributed by atoms with Crippen LogP contribution in [0.3, 0.4) is 0 Å². The van der Waals surface area contributed by atoms with E-state index in [4.69, 9.17) is 4.74 Å². The van der Waals surface area contributed by atoms with E-state index in [2.05, 4.69) is 21.3 Å². The van der Waals surface area contributed by atoms with Gasteiger partial charge in [-0.05, 0) is 41.8 Å². The van der Waals surface area contributed by atoms with Gasteiger partial charge in [-0.1, -0.05) is 6.07 Å². The number of hydrogen-bond donors (Lipinski definition) is 2. The highest BCUT2D eigenvalue weighted by atomic mass is 16.5. The minimum atomic E-state index is -0.0938. The molecule has 0 atom stereocenters. The lowest BCUT2D eigenvalue weighted by atomic mass is 10.0. The van der Waals surface area contributed by atoms with Crippen LogP contribution in [0.1, 0.15) is 35.2 Å². The molecule has 0 radical (unpaired) electrons. The van der Waals surface area contributed by atoms with Crippen LogP contribution in [-0.2, 0) is 27.4 Å². The zero-order chi connectivity index (χ0) is 20.5. The van der Waals surface area contributed by atoms with Gasteiger partial charge in [0.15, 0.2) is 0 Å². The predicted molar refractivity (Wildman–Crippen MR) is 114 cm³/mol. The zero-order valence-corrected chi connectivity index (χ0v) is 16.9. The van der Waals surface area contributed by atoms with Gasteiger partial charge in [0.1, 0.15) is 0 Å². The van der Waals surface area contributed by atoms with Crippen LogP contribution in [0, 0.1) is 0 Å². The van der Waals surface area contributed by atoms with Crippen LogP contribution in [0.4, 0.5) is 5.69 Å². The van der Waals surface area contributed by atoms with Gasteiger partial charge in [-0.2, -0.15) is 0 Å². The summed E-state index contributed by atoms with van der Waals surface area (Å²) in [5.74, 6) is 0.114. The number of H-pyrrole nitrogens is 1. The first-order valence-corrected chi connectivity index (χ1v) is 10.6. The molecule has 7 heteroatoms. The first kappa shape index (κ1) is 19.1. The second-order valence-electron chi connectivity index (χ2n) is 8.16. The highest BCUT2D eigenvalue weighted by Crippen LogP contribution is 2.34. The number of nitrogens with one attached hydrogen (secondary N) is 2. The lowest BCUT2D eigenvalue weighted by Gasteiger charge is -2.25.